The average Bonchev–Trinajstić information content (AvgIpc) is 2.87. The number of hydrogen-bond acceptors (Lipinski definition) is 3. The van der Waals surface area contributed by atoms with E-state index in [1.165, 1.54) is 4.90 Å². The number of nitrogens with zero attached hydrogens (tertiary/aromatic N) is 3. The lowest BCUT2D eigenvalue weighted by Crippen LogP contribution is -2.29. The third-order valence-electron chi connectivity index (χ3n) is 2.34. The summed E-state index contributed by atoms with van der Waals surface area (Å²) in [5, 5.41) is 0. The Balaban J connectivity index is 1.85. The number of imidazole rings is 1. The Morgan fingerprint density at radius 2 is 1.88 bits per heavy atom. The summed E-state index contributed by atoms with van der Waals surface area (Å²) < 4.78 is 1.82. The topological polar surface area (TPSA) is 55.2 Å². The quantitative estimate of drug-likeness (QED) is 0.519. The molecule has 0 unspecified atom stereocenters. The molecule has 0 atom stereocenters. The SMILES string of the molecule is O=C1CCC(=O)N1CC#CCn1ccnc1. The zero-order chi connectivity index (χ0) is 11.4. The normalized spacial score (nSPS) is 15.1. The maximum absolute atomic E-state index is 11.2. The lowest BCUT2D eigenvalue weighted by atomic mass is 10.4. The van der Waals surface area contributed by atoms with Gasteiger partial charge in [-0.25, -0.2) is 4.98 Å². The van der Waals surface area contributed by atoms with Crippen molar-refractivity contribution in [1.29, 1.82) is 0 Å². The van der Waals surface area contributed by atoms with E-state index in [-0.39, 0.29) is 18.4 Å². The predicted molar refractivity (Wildman–Crippen MR) is 56.0 cm³/mol. The summed E-state index contributed by atoms with van der Waals surface area (Å²) in [6.07, 6.45) is 5.79. The van der Waals surface area contributed by atoms with Crippen LogP contribution in [0, 0.1) is 11.8 Å². The van der Waals surface area contributed by atoms with Gasteiger partial charge >= 0.3 is 0 Å². The molecular weight excluding hydrogens is 206 g/mol. The second-order valence-corrected chi connectivity index (χ2v) is 3.46. The van der Waals surface area contributed by atoms with Crippen LogP contribution in [0.15, 0.2) is 18.7 Å². The van der Waals surface area contributed by atoms with Gasteiger partial charge in [0.2, 0.25) is 11.8 Å². The van der Waals surface area contributed by atoms with Gasteiger partial charge in [0.25, 0.3) is 0 Å². The minimum atomic E-state index is -0.123. The molecule has 5 heteroatoms. The van der Waals surface area contributed by atoms with Gasteiger partial charge < -0.3 is 4.57 Å². The lowest BCUT2D eigenvalue weighted by molar-refractivity contribution is -0.137. The largest absolute Gasteiger partial charge is 0.326 e. The summed E-state index contributed by atoms with van der Waals surface area (Å²) in [6.45, 7) is 0.725. The van der Waals surface area contributed by atoms with Gasteiger partial charge in [-0.1, -0.05) is 11.8 Å². The number of likely N-dealkylation sites (tertiary alicyclic amines) is 1. The van der Waals surface area contributed by atoms with Crippen LogP contribution in [-0.4, -0.2) is 32.8 Å². The van der Waals surface area contributed by atoms with Gasteiger partial charge in [-0.05, 0) is 0 Å². The minimum Gasteiger partial charge on any atom is -0.326 e. The highest BCUT2D eigenvalue weighted by molar-refractivity contribution is 6.02. The number of aromatic nitrogens is 2. The fourth-order valence-electron chi connectivity index (χ4n) is 1.46. The molecule has 82 valence electrons. The van der Waals surface area contributed by atoms with Crippen molar-refractivity contribution in [2.45, 2.75) is 19.4 Å². The van der Waals surface area contributed by atoms with Crippen molar-refractivity contribution in [2.75, 3.05) is 6.54 Å². The highest BCUT2D eigenvalue weighted by Crippen LogP contribution is 2.10. The number of imide groups is 1. The molecule has 0 aromatic carbocycles. The number of amides is 2. The Morgan fingerprint density at radius 3 is 2.50 bits per heavy atom. The Kier molecular flexibility index (Phi) is 3.01. The fraction of sp³-hybridized carbons (Fsp3) is 0.364. The first-order chi connectivity index (χ1) is 7.77. The smallest absolute Gasteiger partial charge is 0.230 e. The van der Waals surface area contributed by atoms with Crippen LogP contribution < -0.4 is 0 Å². The van der Waals surface area contributed by atoms with Gasteiger partial charge in [0.15, 0.2) is 0 Å². The summed E-state index contributed by atoms with van der Waals surface area (Å²) in [5.74, 6) is 5.45. The molecule has 0 radical (unpaired) electrons. The summed E-state index contributed by atoms with van der Waals surface area (Å²) in [7, 11) is 0. The molecule has 1 saturated heterocycles. The standard InChI is InChI=1S/C11H11N3O2/c15-10-3-4-11(16)14(10)7-2-1-6-13-8-5-12-9-13/h5,8-9H,3-4,6-7H2. The molecular formula is C11H11N3O2. The van der Waals surface area contributed by atoms with Crippen molar-refractivity contribution < 1.29 is 9.59 Å². The number of carbonyl (C=O) groups is 2. The van der Waals surface area contributed by atoms with Crippen LogP contribution in [0.25, 0.3) is 0 Å². The van der Waals surface area contributed by atoms with Crippen molar-refractivity contribution in [3.05, 3.63) is 18.7 Å². The molecule has 1 aliphatic heterocycles. The van der Waals surface area contributed by atoms with Crippen LogP contribution >= 0.6 is 0 Å². The summed E-state index contributed by atoms with van der Waals surface area (Å²) in [5.41, 5.74) is 0. The molecule has 0 aliphatic carbocycles. The van der Waals surface area contributed by atoms with Gasteiger partial charge in [-0.2, -0.15) is 0 Å². The van der Waals surface area contributed by atoms with Crippen molar-refractivity contribution in [1.82, 2.24) is 14.5 Å². The Hall–Kier alpha value is -2.09. The van der Waals surface area contributed by atoms with Crippen LogP contribution in [0.5, 0.6) is 0 Å². The van der Waals surface area contributed by atoms with E-state index in [1.54, 1.807) is 18.7 Å². The van der Waals surface area contributed by atoms with E-state index < -0.39 is 0 Å². The number of carbonyl (C=O) groups excluding carboxylic acids is 2. The third-order valence-corrected chi connectivity index (χ3v) is 2.34. The van der Waals surface area contributed by atoms with Gasteiger partial charge in [0.05, 0.1) is 19.4 Å². The van der Waals surface area contributed by atoms with E-state index in [0.29, 0.717) is 19.4 Å². The van der Waals surface area contributed by atoms with Gasteiger partial charge in [-0.15, -0.1) is 0 Å². The monoisotopic (exact) mass is 217 g/mol. The van der Waals surface area contributed by atoms with Crippen molar-refractivity contribution in [3.63, 3.8) is 0 Å². The molecule has 1 fully saturated rings. The molecule has 2 heterocycles. The molecule has 1 aromatic heterocycles. The molecule has 0 bridgehead atoms. The molecule has 1 aromatic rings. The highest BCUT2D eigenvalue weighted by Gasteiger charge is 2.27. The van der Waals surface area contributed by atoms with Crippen LogP contribution in [0.1, 0.15) is 12.8 Å². The van der Waals surface area contributed by atoms with E-state index in [2.05, 4.69) is 16.8 Å². The van der Waals surface area contributed by atoms with E-state index in [9.17, 15) is 9.59 Å². The number of hydrogen-bond donors (Lipinski definition) is 0. The zero-order valence-corrected chi connectivity index (χ0v) is 8.72. The van der Waals surface area contributed by atoms with Crippen LogP contribution in [0.4, 0.5) is 0 Å². The second kappa shape index (κ2) is 4.62. The van der Waals surface area contributed by atoms with Crippen molar-refractivity contribution in [2.24, 2.45) is 0 Å². The van der Waals surface area contributed by atoms with E-state index >= 15 is 0 Å². The maximum atomic E-state index is 11.2. The summed E-state index contributed by atoms with van der Waals surface area (Å²) in [4.78, 5) is 27.5. The second-order valence-electron chi connectivity index (χ2n) is 3.46. The van der Waals surface area contributed by atoms with Crippen LogP contribution in [0.3, 0.4) is 0 Å². The molecule has 16 heavy (non-hydrogen) atoms. The van der Waals surface area contributed by atoms with E-state index in [1.807, 2.05) is 4.57 Å². The van der Waals surface area contributed by atoms with Gasteiger partial charge in [0, 0.05) is 25.2 Å². The first-order valence-corrected chi connectivity index (χ1v) is 5.02. The molecule has 0 spiro atoms. The van der Waals surface area contributed by atoms with Gasteiger partial charge in [0.1, 0.15) is 0 Å². The Morgan fingerprint density at radius 1 is 1.19 bits per heavy atom. The Labute approximate surface area is 93.1 Å². The highest BCUT2D eigenvalue weighted by atomic mass is 16.2. The lowest BCUT2D eigenvalue weighted by Gasteiger charge is -2.07. The van der Waals surface area contributed by atoms with Crippen LogP contribution in [0.2, 0.25) is 0 Å². The molecule has 2 amide bonds. The third kappa shape index (κ3) is 2.28. The van der Waals surface area contributed by atoms with Crippen LogP contribution in [-0.2, 0) is 16.1 Å². The van der Waals surface area contributed by atoms with E-state index in [4.69, 9.17) is 0 Å². The molecule has 0 saturated carbocycles. The van der Waals surface area contributed by atoms with Crippen molar-refractivity contribution >= 4 is 11.8 Å². The zero-order valence-electron chi connectivity index (χ0n) is 8.72. The first kappa shape index (κ1) is 10.4. The first-order valence-electron chi connectivity index (χ1n) is 5.02. The van der Waals surface area contributed by atoms with E-state index in [0.717, 1.165) is 0 Å². The molecule has 1 aliphatic rings. The average molecular weight is 217 g/mol. The van der Waals surface area contributed by atoms with Gasteiger partial charge in [-0.3, -0.25) is 14.5 Å². The summed E-state index contributed by atoms with van der Waals surface area (Å²) >= 11 is 0. The molecule has 5 nitrogen and oxygen atoms in total. The predicted octanol–water partition coefficient (Wildman–Crippen LogP) is 0.0355. The number of rotatable bonds is 2. The minimum absolute atomic E-state index is 0.123. The maximum Gasteiger partial charge on any atom is 0.230 e. The molecule has 0 N–H and O–H groups in total. The molecule has 2 rings (SSSR count). The summed E-state index contributed by atoms with van der Waals surface area (Å²) in [6, 6.07) is 0. The fourth-order valence-corrected chi connectivity index (χ4v) is 1.46. The Bertz CT molecular complexity index is 437. The van der Waals surface area contributed by atoms with Crippen molar-refractivity contribution in [3.8, 4) is 11.8 Å².